The van der Waals surface area contributed by atoms with E-state index in [-0.39, 0.29) is 5.48 Å². The smallest absolute Gasteiger partial charge is 0.00691 e. The normalized spacial score (nSPS) is 8.11. The standard InChI is InChI=1S/C7H8S.H2O/c1-8-7-5-3-2-4-6-7;/h2-6H,1H3;1H2. The molecule has 0 aliphatic carbocycles. The van der Waals surface area contributed by atoms with Gasteiger partial charge >= 0.3 is 0 Å². The third-order valence-corrected chi connectivity index (χ3v) is 1.72. The van der Waals surface area contributed by atoms with Gasteiger partial charge in [0.15, 0.2) is 0 Å². The summed E-state index contributed by atoms with van der Waals surface area (Å²) < 4.78 is 0. The van der Waals surface area contributed by atoms with Gasteiger partial charge in [0.05, 0.1) is 0 Å². The Bertz CT molecular complexity index is 150. The van der Waals surface area contributed by atoms with E-state index in [4.69, 9.17) is 0 Å². The minimum absolute atomic E-state index is 0. The first-order valence-corrected chi connectivity index (χ1v) is 3.75. The molecule has 0 aliphatic heterocycles. The van der Waals surface area contributed by atoms with Crippen LogP contribution in [0.1, 0.15) is 0 Å². The molecule has 0 spiro atoms. The fraction of sp³-hybridized carbons (Fsp3) is 0.143. The van der Waals surface area contributed by atoms with E-state index in [0.29, 0.717) is 0 Å². The van der Waals surface area contributed by atoms with Crippen molar-refractivity contribution >= 4 is 11.8 Å². The number of hydrogen-bond donors (Lipinski definition) is 0. The molecule has 0 radical (unpaired) electrons. The molecule has 0 saturated heterocycles. The summed E-state index contributed by atoms with van der Waals surface area (Å²) in [5.74, 6) is 0. The Morgan fingerprint density at radius 2 is 1.67 bits per heavy atom. The zero-order valence-electron chi connectivity index (χ0n) is 5.29. The summed E-state index contributed by atoms with van der Waals surface area (Å²) in [6.45, 7) is 0. The van der Waals surface area contributed by atoms with Crippen molar-refractivity contribution in [2.75, 3.05) is 6.26 Å². The second-order valence-electron chi connectivity index (χ2n) is 1.52. The van der Waals surface area contributed by atoms with E-state index >= 15 is 0 Å². The number of rotatable bonds is 1. The van der Waals surface area contributed by atoms with Crippen LogP contribution in [-0.4, -0.2) is 11.7 Å². The zero-order valence-corrected chi connectivity index (χ0v) is 6.11. The van der Waals surface area contributed by atoms with Gasteiger partial charge in [0.1, 0.15) is 0 Å². The number of thioether (sulfide) groups is 1. The van der Waals surface area contributed by atoms with E-state index in [2.05, 4.69) is 18.4 Å². The Morgan fingerprint density at radius 1 is 1.11 bits per heavy atom. The fourth-order valence-corrected chi connectivity index (χ4v) is 0.986. The SMILES string of the molecule is CSc1ccccc1.O. The molecule has 1 aromatic rings. The van der Waals surface area contributed by atoms with E-state index in [0.717, 1.165) is 0 Å². The molecule has 0 unspecified atom stereocenters. The highest BCUT2D eigenvalue weighted by Crippen LogP contribution is 2.11. The summed E-state index contributed by atoms with van der Waals surface area (Å²) >= 11 is 1.77. The van der Waals surface area contributed by atoms with Crippen molar-refractivity contribution in [3.05, 3.63) is 30.3 Å². The number of hydrogen-bond acceptors (Lipinski definition) is 1. The van der Waals surface area contributed by atoms with Crippen LogP contribution < -0.4 is 0 Å². The van der Waals surface area contributed by atoms with Crippen LogP contribution in [0.3, 0.4) is 0 Å². The maximum Gasteiger partial charge on any atom is 0.00691 e. The number of benzene rings is 1. The van der Waals surface area contributed by atoms with Gasteiger partial charge in [-0.15, -0.1) is 11.8 Å². The van der Waals surface area contributed by atoms with Crippen LogP contribution >= 0.6 is 11.8 Å². The van der Waals surface area contributed by atoms with Crippen LogP contribution in [0.4, 0.5) is 0 Å². The summed E-state index contributed by atoms with van der Waals surface area (Å²) in [6, 6.07) is 10.3. The Morgan fingerprint density at radius 3 is 2.00 bits per heavy atom. The second kappa shape index (κ2) is 4.41. The highest BCUT2D eigenvalue weighted by atomic mass is 32.2. The minimum Gasteiger partial charge on any atom is -0.412 e. The van der Waals surface area contributed by atoms with Crippen LogP contribution in [0.5, 0.6) is 0 Å². The van der Waals surface area contributed by atoms with Crippen LogP contribution in [0.25, 0.3) is 0 Å². The predicted octanol–water partition coefficient (Wildman–Crippen LogP) is 1.58. The van der Waals surface area contributed by atoms with Gasteiger partial charge in [0.2, 0.25) is 0 Å². The summed E-state index contributed by atoms with van der Waals surface area (Å²) in [6.07, 6.45) is 2.08. The topological polar surface area (TPSA) is 31.5 Å². The average molecular weight is 142 g/mol. The second-order valence-corrected chi connectivity index (χ2v) is 2.40. The van der Waals surface area contributed by atoms with Crippen molar-refractivity contribution in [1.29, 1.82) is 0 Å². The highest BCUT2D eigenvalue weighted by molar-refractivity contribution is 7.98. The van der Waals surface area contributed by atoms with Crippen LogP contribution in [-0.2, 0) is 0 Å². The molecule has 2 N–H and O–H groups in total. The van der Waals surface area contributed by atoms with Gasteiger partial charge in [-0.25, -0.2) is 0 Å². The molecule has 2 heteroatoms. The van der Waals surface area contributed by atoms with Gasteiger partial charge in [-0.1, -0.05) is 18.2 Å². The third-order valence-electron chi connectivity index (χ3n) is 0.979. The quantitative estimate of drug-likeness (QED) is 0.548. The first-order valence-electron chi connectivity index (χ1n) is 2.52. The van der Waals surface area contributed by atoms with E-state index in [1.165, 1.54) is 4.90 Å². The molecule has 0 fully saturated rings. The lowest BCUT2D eigenvalue weighted by molar-refractivity contribution is 0.824. The average Bonchev–Trinajstić information content (AvgIpc) is 1.90. The molecule has 0 heterocycles. The van der Waals surface area contributed by atoms with Crippen molar-refractivity contribution < 1.29 is 5.48 Å². The summed E-state index contributed by atoms with van der Waals surface area (Å²) in [7, 11) is 0. The van der Waals surface area contributed by atoms with Gasteiger partial charge in [0, 0.05) is 4.90 Å². The lowest BCUT2D eigenvalue weighted by atomic mass is 10.4. The molecule has 50 valence electrons. The summed E-state index contributed by atoms with van der Waals surface area (Å²) in [5, 5.41) is 0. The summed E-state index contributed by atoms with van der Waals surface area (Å²) in [4.78, 5) is 1.33. The molecule has 0 atom stereocenters. The Kier molecular flexibility index (Phi) is 4.18. The molecule has 1 nitrogen and oxygen atoms in total. The van der Waals surface area contributed by atoms with Crippen LogP contribution in [0, 0.1) is 0 Å². The maximum atomic E-state index is 2.10. The van der Waals surface area contributed by atoms with Gasteiger partial charge in [-0.3, -0.25) is 0 Å². The Hall–Kier alpha value is -0.470. The predicted molar refractivity (Wildman–Crippen MR) is 41.8 cm³/mol. The van der Waals surface area contributed by atoms with Gasteiger partial charge < -0.3 is 5.48 Å². The van der Waals surface area contributed by atoms with Crippen molar-refractivity contribution in [1.82, 2.24) is 0 Å². The monoisotopic (exact) mass is 142 g/mol. The molecule has 9 heavy (non-hydrogen) atoms. The van der Waals surface area contributed by atoms with E-state index in [9.17, 15) is 0 Å². The molecule has 0 amide bonds. The Balaban J connectivity index is 0.000000640. The Labute approximate surface area is 59.4 Å². The molecule has 1 rings (SSSR count). The zero-order chi connectivity index (χ0) is 5.82. The van der Waals surface area contributed by atoms with Crippen molar-refractivity contribution in [3.8, 4) is 0 Å². The summed E-state index contributed by atoms with van der Waals surface area (Å²) in [5.41, 5.74) is 0. The molecule has 0 bridgehead atoms. The van der Waals surface area contributed by atoms with Gasteiger partial charge in [0.25, 0.3) is 0 Å². The lowest BCUT2D eigenvalue weighted by Gasteiger charge is -1.89. The van der Waals surface area contributed by atoms with Gasteiger partial charge in [-0.05, 0) is 18.4 Å². The van der Waals surface area contributed by atoms with E-state index in [1.807, 2.05) is 18.2 Å². The first kappa shape index (κ1) is 8.53. The van der Waals surface area contributed by atoms with Crippen LogP contribution in [0.15, 0.2) is 35.2 Å². The molecule has 0 aromatic heterocycles. The van der Waals surface area contributed by atoms with E-state index < -0.39 is 0 Å². The molecule has 0 aliphatic rings. The minimum atomic E-state index is 0. The third kappa shape index (κ3) is 2.54. The molecule has 0 saturated carbocycles. The van der Waals surface area contributed by atoms with E-state index in [1.54, 1.807) is 11.8 Å². The lowest BCUT2D eigenvalue weighted by Crippen LogP contribution is -1.62. The van der Waals surface area contributed by atoms with Crippen molar-refractivity contribution in [3.63, 3.8) is 0 Å². The van der Waals surface area contributed by atoms with Crippen molar-refractivity contribution in [2.45, 2.75) is 4.90 Å². The van der Waals surface area contributed by atoms with Crippen molar-refractivity contribution in [2.24, 2.45) is 0 Å². The molecular weight excluding hydrogens is 132 g/mol. The first-order chi connectivity index (χ1) is 3.93. The highest BCUT2D eigenvalue weighted by Gasteiger charge is 1.80. The molecular formula is C7H10OS. The van der Waals surface area contributed by atoms with Gasteiger partial charge in [-0.2, -0.15) is 0 Å². The van der Waals surface area contributed by atoms with Crippen LogP contribution in [0.2, 0.25) is 0 Å². The largest absolute Gasteiger partial charge is 0.412 e. The maximum absolute atomic E-state index is 2.10. The molecule has 1 aromatic carbocycles. The fourth-order valence-electron chi connectivity index (χ4n) is 0.557.